The summed E-state index contributed by atoms with van der Waals surface area (Å²) in [4.78, 5) is 18.2. The van der Waals surface area contributed by atoms with Crippen molar-refractivity contribution in [1.82, 2.24) is 15.2 Å². The predicted octanol–water partition coefficient (Wildman–Crippen LogP) is 2.93. The van der Waals surface area contributed by atoms with Gasteiger partial charge in [-0.3, -0.25) is 9.89 Å². The van der Waals surface area contributed by atoms with Gasteiger partial charge in [-0.2, -0.15) is 18.3 Å². The van der Waals surface area contributed by atoms with Crippen molar-refractivity contribution in [2.75, 3.05) is 23.3 Å². The molecule has 11 heteroatoms. The fraction of sp³-hybridized carbons (Fsp3) is 0.550. The molecule has 2 atom stereocenters. The van der Waals surface area contributed by atoms with Gasteiger partial charge in [0.2, 0.25) is 0 Å². The van der Waals surface area contributed by atoms with E-state index in [1.54, 1.807) is 6.20 Å². The predicted molar refractivity (Wildman–Crippen MR) is 106 cm³/mol. The van der Waals surface area contributed by atoms with Crippen LogP contribution in [0.3, 0.4) is 0 Å². The second kappa shape index (κ2) is 8.03. The van der Waals surface area contributed by atoms with Crippen molar-refractivity contribution >= 4 is 17.5 Å². The number of aromatic nitrogens is 3. The number of ether oxygens (including phenoxy) is 1. The molecule has 0 saturated carbocycles. The summed E-state index contributed by atoms with van der Waals surface area (Å²) >= 11 is 0. The molecule has 0 spiro atoms. The average molecular weight is 439 g/mol. The van der Waals surface area contributed by atoms with Crippen LogP contribution in [0, 0.1) is 0 Å². The van der Waals surface area contributed by atoms with E-state index in [2.05, 4.69) is 25.4 Å². The second-order valence-electron chi connectivity index (χ2n) is 8.13. The molecule has 2 aromatic rings. The van der Waals surface area contributed by atoms with Gasteiger partial charge in [0.1, 0.15) is 23.6 Å². The molecule has 2 aromatic heterocycles. The molecule has 8 nitrogen and oxygen atoms in total. The zero-order valence-electron chi connectivity index (χ0n) is 17.1. The first kappa shape index (κ1) is 21.4. The Balaban J connectivity index is 1.50. The lowest BCUT2D eigenvalue weighted by Crippen LogP contribution is -2.44. The van der Waals surface area contributed by atoms with E-state index in [1.165, 1.54) is 0 Å². The van der Waals surface area contributed by atoms with Gasteiger partial charge in [0, 0.05) is 30.3 Å². The summed E-state index contributed by atoms with van der Waals surface area (Å²) < 4.78 is 46.6. The summed E-state index contributed by atoms with van der Waals surface area (Å²) in [6.07, 6.45) is -4.10. The Morgan fingerprint density at radius 1 is 1.26 bits per heavy atom. The first-order chi connectivity index (χ1) is 14.6. The molecule has 4 heterocycles. The molecule has 2 aliphatic heterocycles. The molecule has 1 fully saturated rings. The van der Waals surface area contributed by atoms with Gasteiger partial charge in [0.25, 0.3) is 5.91 Å². The highest BCUT2D eigenvalue weighted by molar-refractivity contribution is 5.97. The number of nitrogens with zero attached hydrogens (tertiary/aromatic N) is 3. The Labute approximate surface area is 176 Å². The smallest absolute Gasteiger partial charge is 0.398 e. The third-order valence-corrected chi connectivity index (χ3v) is 5.64. The van der Waals surface area contributed by atoms with Gasteiger partial charge in [-0.15, -0.1) is 0 Å². The number of carbonyl (C=O) groups excluding carboxylic acids is 1. The summed E-state index contributed by atoms with van der Waals surface area (Å²) in [5, 5.41) is 18.8. The lowest BCUT2D eigenvalue weighted by molar-refractivity contribution is -0.177. The summed E-state index contributed by atoms with van der Waals surface area (Å²) in [6.45, 7) is 5.06. The van der Waals surface area contributed by atoms with Gasteiger partial charge < -0.3 is 20.1 Å². The van der Waals surface area contributed by atoms with Crippen LogP contribution < -0.4 is 15.0 Å². The maximum Gasteiger partial charge on any atom is 0.398 e. The maximum atomic E-state index is 13.7. The van der Waals surface area contributed by atoms with Crippen molar-refractivity contribution < 1.29 is 27.8 Å². The van der Waals surface area contributed by atoms with Crippen molar-refractivity contribution in [2.45, 2.75) is 56.9 Å². The third kappa shape index (κ3) is 4.18. The lowest BCUT2D eigenvalue weighted by Gasteiger charge is -2.34. The summed E-state index contributed by atoms with van der Waals surface area (Å²) in [5.41, 5.74) is 0.163. The van der Waals surface area contributed by atoms with E-state index in [0.717, 1.165) is 5.82 Å². The molecule has 4 rings (SSSR count). The number of nitrogens with one attached hydrogen (secondary N) is 2. The number of H-pyrrole nitrogens is 1. The number of piperidine rings is 1. The van der Waals surface area contributed by atoms with Crippen LogP contribution in [0.15, 0.2) is 18.3 Å². The van der Waals surface area contributed by atoms with Crippen LogP contribution in [-0.4, -0.2) is 57.7 Å². The number of hydrogen-bond donors (Lipinski definition) is 3. The molecule has 0 aliphatic carbocycles. The van der Waals surface area contributed by atoms with Crippen LogP contribution in [0.5, 0.6) is 5.75 Å². The Morgan fingerprint density at radius 2 is 1.97 bits per heavy atom. The number of carbonyl (C=O) groups is 1. The van der Waals surface area contributed by atoms with E-state index in [1.807, 2.05) is 26.0 Å². The van der Waals surface area contributed by atoms with Gasteiger partial charge >= 0.3 is 6.18 Å². The van der Waals surface area contributed by atoms with Crippen LogP contribution in [-0.2, 0) is 4.79 Å². The summed E-state index contributed by atoms with van der Waals surface area (Å²) in [5.74, 6) is -2.30. The van der Waals surface area contributed by atoms with E-state index in [-0.39, 0.29) is 23.4 Å². The first-order valence-electron chi connectivity index (χ1n) is 10.2. The van der Waals surface area contributed by atoms with Crippen molar-refractivity contribution in [3.8, 4) is 5.75 Å². The standard InChI is InChI=1S/C20H24F3N5O3/c1-10(2)31-12-3-4-13(24-9-12)28-7-5-11(6-8-28)16-14-15(20(21,22)23)17(29)19(30)25-18(14)27-26-16/h3-4,9-11,15,17,29H,5-8H2,1-2H3,(H2,25,26,27,30)/t15-,17-/m0/s1. The number of aliphatic hydroxyl groups is 1. The monoisotopic (exact) mass is 439 g/mol. The number of aromatic amines is 1. The highest BCUT2D eigenvalue weighted by atomic mass is 19.4. The normalized spacial score (nSPS) is 22.4. The van der Waals surface area contributed by atoms with Crippen molar-refractivity contribution in [1.29, 1.82) is 0 Å². The number of amides is 1. The zero-order chi connectivity index (χ0) is 22.3. The molecule has 0 bridgehead atoms. The van der Waals surface area contributed by atoms with Crippen LogP contribution in [0.2, 0.25) is 0 Å². The first-order valence-corrected chi connectivity index (χ1v) is 10.2. The minimum absolute atomic E-state index is 0.0487. The van der Waals surface area contributed by atoms with Crippen LogP contribution in [0.4, 0.5) is 24.8 Å². The van der Waals surface area contributed by atoms with E-state index in [0.29, 0.717) is 37.4 Å². The van der Waals surface area contributed by atoms with Gasteiger partial charge in [0.15, 0.2) is 5.82 Å². The van der Waals surface area contributed by atoms with Gasteiger partial charge in [-0.1, -0.05) is 0 Å². The largest absolute Gasteiger partial charge is 0.489 e. The minimum atomic E-state index is -4.77. The highest BCUT2D eigenvalue weighted by Gasteiger charge is 2.53. The number of alkyl halides is 3. The molecule has 1 saturated heterocycles. The maximum absolute atomic E-state index is 13.7. The van der Waals surface area contributed by atoms with E-state index < -0.39 is 24.1 Å². The molecule has 0 radical (unpaired) electrons. The minimum Gasteiger partial charge on any atom is -0.489 e. The van der Waals surface area contributed by atoms with Gasteiger partial charge in [-0.05, 0) is 38.8 Å². The number of hydrogen-bond acceptors (Lipinski definition) is 6. The molecule has 3 N–H and O–H groups in total. The number of aliphatic hydroxyl groups excluding tert-OH is 1. The van der Waals surface area contributed by atoms with Crippen LogP contribution in [0.1, 0.15) is 49.8 Å². The fourth-order valence-corrected chi connectivity index (χ4v) is 4.23. The molecule has 0 unspecified atom stereocenters. The number of pyridine rings is 1. The second-order valence-corrected chi connectivity index (χ2v) is 8.13. The van der Waals surface area contributed by atoms with E-state index >= 15 is 0 Å². The van der Waals surface area contributed by atoms with Gasteiger partial charge in [0.05, 0.1) is 12.3 Å². The Bertz CT molecular complexity index is 937. The fourth-order valence-electron chi connectivity index (χ4n) is 4.23. The molecule has 0 aromatic carbocycles. The Morgan fingerprint density at radius 3 is 2.55 bits per heavy atom. The lowest BCUT2D eigenvalue weighted by atomic mass is 9.83. The molecule has 168 valence electrons. The number of rotatable bonds is 4. The number of anilines is 2. The highest BCUT2D eigenvalue weighted by Crippen LogP contribution is 2.47. The van der Waals surface area contributed by atoms with E-state index in [9.17, 15) is 23.1 Å². The Hall–Kier alpha value is -2.82. The van der Waals surface area contributed by atoms with Crippen LogP contribution in [0.25, 0.3) is 0 Å². The van der Waals surface area contributed by atoms with E-state index in [4.69, 9.17) is 4.74 Å². The van der Waals surface area contributed by atoms with Crippen molar-refractivity contribution in [3.05, 3.63) is 29.6 Å². The van der Waals surface area contributed by atoms with Crippen LogP contribution >= 0.6 is 0 Å². The summed E-state index contributed by atoms with van der Waals surface area (Å²) in [6, 6.07) is 3.71. The molecule has 2 aliphatic rings. The van der Waals surface area contributed by atoms with Crippen molar-refractivity contribution in [2.24, 2.45) is 0 Å². The number of halogens is 3. The third-order valence-electron chi connectivity index (χ3n) is 5.64. The zero-order valence-corrected chi connectivity index (χ0v) is 17.1. The molecular weight excluding hydrogens is 415 g/mol. The molecule has 31 heavy (non-hydrogen) atoms. The topological polar surface area (TPSA) is 103 Å². The van der Waals surface area contributed by atoms with Crippen molar-refractivity contribution in [3.63, 3.8) is 0 Å². The Kier molecular flexibility index (Phi) is 5.54. The van der Waals surface area contributed by atoms with Gasteiger partial charge in [-0.25, -0.2) is 4.98 Å². The summed E-state index contributed by atoms with van der Waals surface area (Å²) in [7, 11) is 0. The molecule has 1 amide bonds. The average Bonchev–Trinajstić information content (AvgIpc) is 3.11. The quantitative estimate of drug-likeness (QED) is 0.677. The molecular formula is C20H24F3N5O3. The SMILES string of the molecule is CC(C)Oc1ccc(N2CCC(c3[nH]nc4c3[C@H](C(F)(F)F)[C@H](O)C(=O)N4)CC2)nc1. The number of fused-ring (bicyclic) bond motifs is 1.